The lowest BCUT2D eigenvalue weighted by atomic mass is 10.2. The maximum atomic E-state index is 13.1. The van der Waals surface area contributed by atoms with Crippen molar-refractivity contribution < 1.29 is 13.9 Å². The molecule has 0 unspecified atom stereocenters. The van der Waals surface area contributed by atoms with Crippen molar-refractivity contribution >= 4 is 17.5 Å². The number of halogens is 2. The van der Waals surface area contributed by atoms with Crippen LogP contribution in [0.15, 0.2) is 24.3 Å². The summed E-state index contributed by atoms with van der Waals surface area (Å²) in [5.74, 6) is -0.603. The van der Waals surface area contributed by atoms with Crippen LogP contribution in [-0.2, 0) is 4.74 Å². The highest BCUT2D eigenvalue weighted by Gasteiger charge is 2.21. The topological polar surface area (TPSA) is 59.4 Å². The molecule has 1 amide bonds. The number of hydrogen-bond acceptors (Lipinski definition) is 4. The van der Waals surface area contributed by atoms with Crippen LogP contribution in [0.5, 0.6) is 0 Å². The molecular formula is C17H20ClFN4O2. The second-order valence-electron chi connectivity index (χ2n) is 5.85. The lowest BCUT2D eigenvalue weighted by molar-refractivity contribution is 0.0383. The minimum atomic E-state index is -0.343. The van der Waals surface area contributed by atoms with Crippen LogP contribution in [0.1, 0.15) is 16.1 Å². The third-order valence-corrected chi connectivity index (χ3v) is 4.47. The molecule has 0 aliphatic carbocycles. The Hall–Kier alpha value is -1.96. The molecule has 2 heterocycles. The van der Waals surface area contributed by atoms with Gasteiger partial charge in [-0.1, -0.05) is 11.6 Å². The number of nitrogens with one attached hydrogen (secondary N) is 1. The van der Waals surface area contributed by atoms with Crippen LogP contribution in [0, 0.1) is 12.7 Å². The van der Waals surface area contributed by atoms with Gasteiger partial charge in [0.1, 0.15) is 11.0 Å². The van der Waals surface area contributed by atoms with E-state index in [-0.39, 0.29) is 16.9 Å². The number of nitrogens with zero attached hydrogens (tertiary/aromatic N) is 3. The fourth-order valence-corrected chi connectivity index (χ4v) is 3.11. The van der Waals surface area contributed by atoms with E-state index in [1.54, 1.807) is 19.1 Å². The zero-order valence-corrected chi connectivity index (χ0v) is 14.7. The molecule has 0 saturated carbocycles. The Balaban J connectivity index is 1.67. The minimum absolute atomic E-state index is 0.216. The second-order valence-corrected chi connectivity index (χ2v) is 6.21. The standard InChI is InChI=1S/C17H20ClFN4O2/c1-12-15(17(24)20-6-7-22-8-10-25-11-9-22)16(18)23(21-12)14-4-2-13(19)3-5-14/h2-5H,6-11H2,1H3,(H,20,24). The van der Waals surface area contributed by atoms with Gasteiger partial charge in [0.15, 0.2) is 0 Å². The number of amides is 1. The molecule has 1 aromatic heterocycles. The van der Waals surface area contributed by atoms with E-state index in [0.717, 1.165) is 32.8 Å². The molecule has 3 rings (SSSR count). The van der Waals surface area contributed by atoms with Crippen LogP contribution < -0.4 is 5.32 Å². The summed E-state index contributed by atoms with van der Waals surface area (Å²) in [4.78, 5) is 14.7. The van der Waals surface area contributed by atoms with E-state index in [4.69, 9.17) is 16.3 Å². The van der Waals surface area contributed by atoms with Gasteiger partial charge in [-0.15, -0.1) is 0 Å². The third-order valence-electron chi connectivity index (χ3n) is 4.12. The Bertz CT molecular complexity index is 742. The van der Waals surface area contributed by atoms with Crippen molar-refractivity contribution in [3.8, 4) is 5.69 Å². The predicted molar refractivity (Wildman–Crippen MR) is 92.9 cm³/mol. The molecule has 6 nitrogen and oxygen atoms in total. The molecule has 1 fully saturated rings. The van der Waals surface area contributed by atoms with Crippen molar-refractivity contribution in [1.82, 2.24) is 20.0 Å². The summed E-state index contributed by atoms with van der Waals surface area (Å²) in [6, 6.07) is 5.77. The first-order chi connectivity index (χ1) is 12.1. The molecule has 8 heteroatoms. The Labute approximate surface area is 150 Å². The maximum absolute atomic E-state index is 13.1. The monoisotopic (exact) mass is 366 g/mol. The van der Waals surface area contributed by atoms with Crippen LogP contribution in [0.4, 0.5) is 4.39 Å². The Morgan fingerprint density at radius 1 is 1.32 bits per heavy atom. The fourth-order valence-electron chi connectivity index (χ4n) is 2.75. The van der Waals surface area contributed by atoms with Crippen molar-refractivity contribution in [3.63, 3.8) is 0 Å². The normalized spacial score (nSPS) is 15.3. The van der Waals surface area contributed by atoms with E-state index < -0.39 is 0 Å². The molecule has 1 N–H and O–H groups in total. The number of benzene rings is 1. The Morgan fingerprint density at radius 2 is 2.00 bits per heavy atom. The predicted octanol–water partition coefficient (Wildman–Crippen LogP) is 2.04. The largest absolute Gasteiger partial charge is 0.379 e. The summed E-state index contributed by atoms with van der Waals surface area (Å²) in [7, 11) is 0. The third kappa shape index (κ3) is 4.18. The van der Waals surface area contributed by atoms with Crippen LogP contribution in [0.3, 0.4) is 0 Å². The summed E-state index contributed by atoms with van der Waals surface area (Å²) in [6.07, 6.45) is 0. The Kier molecular flexibility index (Phi) is 5.67. The van der Waals surface area contributed by atoms with Crippen LogP contribution in [0.25, 0.3) is 5.69 Å². The SMILES string of the molecule is Cc1nn(-c2ccc(F)cc2)c(Cl)c1C(=O)NCCN1CCOCC1. The molecule has 1 aromatic carbocycles. The van der Waals surface area contributed by atoms with Crippen molar-refractivity contribution in [2.45, 2.75) is 6.92 Å². The minimum Gasteiger partial charge on any atom is -0.379 e. The molecule has 0 radical (unpaired) electrons. The van der Waals surface area contributed by atoms with Crippen LogP contribution >= 0.6 is 11.6 Å². The lowest BCUT2D eigenvalue weighted by Gasteiger charge is -2.26. The molecule has 0 atom stereocenters. The number of morpholine rings is 1. The van der Waals surface area contributed by atoms with Crippen LogP contribution in [0.2, 0.25) is 5.15 Å². The first-order valence-corrected chi connectivity index (χ1v) is 8.53. The molecule has 0 bridgehead atoms. The zero-order valence-electron chi connectivity index (χ0n) is 14.0. The zero-order chi connectivity index (χ0) is 17.8. The van der Waals surface area contributed by atoms with Crippen molar-refractivity contribution in [2.24, 2.45) is 0 Å². The molecule has 1 aliphatic rings. The highest BCUT2D eigenvalue weighted by molar-refractivity contribution is 6.33. The average Bonchev–Trinajstić information content (AvgIpc) is 2.91. The number of carbonyl (C=O) groups is 1. The molecule has 1 saturated heterocycles. The lowest BCUT2D eigenvalue weighted by Crippen LogP contribution is -2.41. The number of ether oxygens (including phenoxy) is 1. The Morgan fingerprint density at radius 3 is 2.68 bits per heavy atom. The summed E-state index contributed by atoms with van der Waals surface area (Å²) < 4.78 is 19.8. The summed E-state index contributed by atoms with van der Waals surface area (Å²) in [5, 5.41) is 7.40. The van der Waals surface area contributed by atoms with Gasteiger partial charge in [-0.3, -0.25) is 9.69 Å². The number of rotatable bonds is 5. The summed E-state index contributed by atoms with van der Waals surface area (Å²) in [6.45, 7) is 6.21. The van der Waals surface area contributed by atoms with E-state index in [1.165, 1.54) is 16.8 Å². The van der Waals surface area contributed by atoms with Gasteiger partial charge in [0.05, 0.1) is 30.2 Å². The first kappa shape index (κ1) is 17.8. The van der Waals surface area contributed by atoms with Gasteiger partial charge >= 0.3 is 0 Å². The van der Waals surface area contributed by atoms with Crippen molar-refractivity contribution in [3.05, 3.63) is 46.5 Å². The van der Waals surface area contributed by atoms with Gasteiger partial charge in [-0.25, -0.2) is 9.07 Å². The quantitative estimate of drug-likeness (QED) is 0.879. The molecule has 2 aromatic rings. The smallest absolute Gasteiger partial charge is 0.256 e. The highest BCUT2D eigenvalue weighted by atomic mass is 35.5. The van der Waals surface area contributed by atoms with E-state index in [1.807, 2.05) is 0 Å². The average molecular weight is 367 g/mol. The van der Waals surface area contributed by atoms with E-state index in [2.05, 4.69) is 15.3 Å². The second kappa shape index (κ2) is 7.95. The van der Waals surface area contributed by atoms with Gasteiger partial charge in [0.2, 0.25) is 0 Å². The molecular weight excluding hydrogens is 347 g/mol. The van der Waals surface area contributed by atoms with Gasteiger partial charge < -0.3 is 10.1 Å². The number of aryl methyl sites for hydroxylation is 1. The van der Waals surface area contributed by atoms with Crippen molar-refractivity contribution in [1.29, 1.82) is 0 Å². The van der Waals surface area contributed by atoms with E-state index in [0.29, 0.717) is 23.5 Å². The van der Waals surface area contributed by atoms with Gasteiger partial charge in [0, 0.05) is 26.2 Å². The highest BCUT2D eigenvalue weighted by Crippen LogP contribution is 2.23. The van der Waals surface area contributed by atoms with E-state index in [9.17, 15) is 9.18 Å². The van der Waals surface area contributed by atoms with Crippen LogP contribution in [-0.4, -0.2) is 60.0 Å². The summed E-state index contributed by atoms with van der Waals surface area (Å²) in [5.41, 5.74) is 1.47. The summed E-state index contributed by atoms with van der Waals surface area (Å²) >= 11 is 6.35. The van der Waals surface area contributed by atoms with E-state index >= 15 is 0 Å². The van der Waals surface area contributed by atoms with Crippen molar-refractivity contribution in [2.75, 3.05) is 39.4 Å². The number of hydrogen-bond donors (Lipinski definition) is 1. The first-order valence-electron chi connectivity index (χ1n) is 8.15. The fraction of sp³-hybridized carbons (Fsp3) is 0.412. The number of aromatic nitrogens is 2. The van der Waals surface area contributed by atoms with Gasteiger partial charge in [-0.2, -0.15) is 5.10 Å². The van der Waals surface area contributed by atoms with Gasteiger partial charge in [-0.05, 0) is 31.2 Å². The molecule has 134 valence electrons. The molecule has 25 heavy (non-hydrogen) atoms. The van der Waals surface area contributed by atoms with Gasteiger partial charge in [0.25, 0.3) is 5.91 Å². The number of carbonyl (C=O) groups excluding carboxylic acids is 1. The molecule has 0 spiro atoms. The molecule has 1 aliphatic heterocycles. The maximum Gasteiger partial charge on any atom is 0.256 e.